The fourth-order valence-electron chi connectivity index (χ4n) is 4.71. The van der Waals surface area contributed by atoms with Crippen molar-refractivity contribution in [2.75, 3.05) is 20.2 Å². The van der Waals surface area contributed by atoms with Crippen LogP contribution in [0, 0.1) is 11.8 Å². The summed E-state index contributed by atoms with van der Waals surface area (Å²) in [5.41, 5.74) is 1.89. The molecule has 4 heteroatoms. The maximum Gasteiger partial charge on any atom is 0.119 e. The first-order chi connectivity index (χ1) is 11.7. The van der Waals surface area contributed by atoms with Gasteiger partial charge in [-0.25, -0.2) is 0 Å². The lowest BCUT2D eigenvalue weighted by Gasteiger charge is -2.51. The minimum atomic E-state index is -0.469. The van der Waals surface area contributed by atoms with Crippen molar-refractivity contribution < 1.29 is 9.84 Å². The highest BCUT2D eigenvalue weighted by Gasteiger charge is 2.42. The maximum atomic E-state index is 11.2. The Balaban J connectivity index is 1.68. The molecule has 0 radical (unpaired) electrons. The van der Waals surface area contributed by atoms with E-state index >= 15 is 0 Å². The second-order valence-corrected chi connectivity index (χ2v) is 7.24. The van der Waals surface area contributed by atoms with Crippen molar-refractivity contribution in [3.05, 3.63) is 36.0 Å². The van der Waals surface area contributed by atoms with Crippen molar-refractivity contribution in [2.45, 2.75) is 38.3 Å². The number of fused-ring (bicyclic) bond motifs is 4. The normalized spacial score (nSPS) is 30.5. The quantitative estimate of drug-likeness (QED) is 0.935. The highest BCUT2D eigenvalue weighted by molar-refractivity contribution is 5.83. The van der Waals surface area contributed by atoms with Gasteiger partial charge >= 0.3 is 0 Å². The van der Waals surface area contributed by atoms with Gasteiger partial charge in [0.05, 0.1) is 18.7 Å². The van der Waals surface area contributed by atoms with Crippen molar-refractivity contribution in [2.24, 2.45) is 11.8 Å². The standard InChI is InChI=1S/C20H26N2O2/c1-3-13-12-22-9-7-14(13)10-19(22)20(23)16-6-8-21-18-5-4-15(24-2)11-17(16)18/h4-6,8,11,13-14,19-20,23H,3,7,9-10,12H2,1-2H3/t13-,14+,19+,20+/m1/s1. The van der Waals surface area contributed by atoms with Crippen LogP contribution in [0.5, 0.6) is 5.75 Å². The van der Waals surface area contributed by atoms with E-state index in [2.05, 4.69) is 16.8 Å². The van der Waals surface area contributed by atoms with Crippen LogP contribution in [0.1, 0.15) is 37.9 Å². The van der Waals surface area contributed by atoms with Gasteiger partial charge in [0.15, 0.2) is 0 Å². The number of aliphatic hydroxyl groups excluding tert-OH is 1. The summed E-state index contributed by atoms with van der Waals surface area (Å²) in [6.45, 7) is 4.55. The van der Waals surface area contributed by atoms with Crippen molar-refractivity contribution in [1.29, 1.82) is 0 Å². The van der Waals surface area contributed by atoms with Crippen molar-refractivity contribution in [3.63, 3.8) is 0 Å². The number of nitrogens with zero attached hydrogens (tertiary/aromatic N) is 2. The van der Waals surface area contributed by atoms with Crippen LogP contribution >= 0.6 is 0 Å². The number of rotatable bonds is 4. The van der Waals surface area contributed by atoms with Crippen LogP contribution in [-0.2, 0) is 0 Å². The molecule has 0 amide bonds. The Morgan fingerprint density at radius 3 is 2.96 bits per heavy atom. The topological polar surface area (TPSA) is 45.6 Å². The number of ether oxygens (including phenoxy) is 1. The summed E-state index contributed by atoms with van der Waals surface area (Å²) >= 11 is 0. The SMILES string of the molecule is CC[C@@H]1CN2CC[C@H]1C[C@H]2[C@@H](O)c1ccnc2ccc(OC)cc12. The predicted molar refractivity (Wildman–Crippen MR) is 95.1 cm³/mol. The number of hydrogen-bond acceptors (Lipinski definition) is 4. The van der Waals surface area contributed by atoms with E-state index in [1.165, 1.54) is 12.8 Å². The van der Waals surface area contributed by atoms with E-state index in [-0.39, 0.29) is 6.04 Å². The Hall–Kier alpha value is -1.65. The molecule has 5 rings (SSSR count). The highest BCUT2D eigenvalue weighted by Crippen LogP contribution is 2.42. The first-order valence-corrected chi connectivity index (χ1v) is 9.06. The average Bonchev–Trinajstić information content (AvgIpc) is 2.66. The number of aliphatic hydroxyl groups is 1. The summed E-state index contributed by atoms with van der Waals surface area (Å²) in [5, 5.41) is 12.2. The molecule has 1 aromatic heterocycles. The van der Waals surface area contributed by atoms with Gasteiger partial charge in [0.1, 0.15) is 5.75 Å². The van der Waals surface area contributed by atoms with E-state index in [9.17, 15) is 5.11 Å². The number of benzene rings is 1. The van der Waals surface area contributed by atoms with Crippen LogP contribution in [-0.4, -0.2) is 41.2 Å². The second kappa shape index (κ2) is 6.34. The number of pyridine rings is 1. The Morgan fingerprint density at radius 2 is 2.25 bits per heavy atom. The van der Waals surface area contributed by atoms with Crippen LogP contribution in [0.2, 0.25) is 0 Å². The summed E-state index contributed by atoms with van der Waals surface area (Å²) in [6, 6.07) is 8.07. The molecule has 5 atom stereocenters. The lowest BCUT2D eigenvalue weighted by Crippen LogP contribution is -2.55. The third-order valence-corrected chi connectivity index (χ3v) is 6.13. The molecule has 4 heterocycles. The number of piperidine rings is 3. The minimum Gasteiger partial charge on any atom is -0.497 e. The molecule has 0 aliphatic carbocycles. The monoisotopic (exact) mass is 326 g/mol. The van der Waals surface area contributed by atoms with Gasteiger partial charge in [0.25, 0.3) is 0 Å². The summed E-state index contributed by atoms with van der Waals surface area (Å²) in [5.74, 6) is 2.37. The zero-order valence-corrected chi connectivity index (χ0v) is 14.5. The fourth-order valence-corrected chi connectivity index (χ4v) is 4.71. The first-order valence-electron chi connectivity index (χ1n) is 9.06. The first kappa shape index (κ1) is 15.9. The van der Waals surface area contributed by atoms with E-state index in [4.69, 9.17) is 4.74 Å². The second-order valence-electron chi connectivity index (χ2n) is 7.24. The lowest BCUT2D eigenvalue weighted by atomic mass is 9.72. The zero-order chi connectivity index (χ0) is 16.7. The molecule has 1 unspecified atom stereocenters. The number of aromatic nitrogens is 1. The molecule has 128 valence electrons. The molecule has 0 spiro atoms. The van der Waals surface area contributed by atoms with Gasteiger partial charge in [0.2, 0.25) is 0 Å². The van der Waals surface area contributed by atoms with Gasteiger partial charge < -0.3 is 9.84 Å². The molecule has 3 aliphatic heterocycles. The van der Waals surface area contributed by atoms with E-state index in [1.54, 1.807) is 13.3 Å². The average molecular weight is 326 g/mol. The molecule has 1 aromatic carbocycles. The molecular weight excluding hydrogens is 300 g/mol. The van der Waals surface area contributed by atoms with Gasteiger partial charge in [-0.15, -0.1) is 0 Å². The largest absolute Gasteiger partial charge is 0.497 e. The van der Waals surface area contributed by atoms with E-state index < -0.39 is 6.10 Å². The summed E-state index contributed by atoms with van der Waals surface area (Å²) in [4.78, 5) is 6.94. The maximum absolute atomic E-state index is 11.2. The van der Waals surface area contributed by atoms with Crippen molar-refractivity contribution >= 4 is 10.9 Å². The summed E-state index contributed by atoms with van der Waals surface area (Å²) in [6.07, 6.45) is 4.97. The molecule has 1 N–H and O–H groups in total. The van der Waals surface area contributed by atoms with Crippen LogP contribution < -0.4 is 4.74 Å². The molecule has 24 heavy (non-hydrogen) atoms. The molecule has 4 nitrogen and oxygen atoms in total. The van der Waals surface area contributed by atoms with E-state index in [0.717, 1.165) is 53.6 Å². The Kier molecular flexibility index (Phi) is 4.19. The minimum absolute atomic E-state index is 0.225. The summed E-state index contributed by atoms with van der Waals surface area (Å²) in [7, 11) is 1.67. The highest BCUT2D eigenvalue weighted by atomic mass is 16.5. The van der Waals surface area contributed by atoms with Gasteiger partial charge in [-0.2, -0.15) is 0 Å². The lowest BCUT2D eigenvalue weighted by molar-refractivity contribution is -0.0562. The smallest absolute Gasteiger partial charge is 0.119 e. The van der Waals surface area contributed by atoms with Crippen LogP contribution in [0.25, 0.3) is 10.9 Å². The van der Waals surface area contributed by atoms with Gasteiger partial charge in [-0.05, 0) is 61.1 Å². The van der Waals surface area contributed by atoms with E-state index in [1.807, 2.05) is 24.3 Å². The number of methoxy groups -OCH3 is 1. The van der Waals surface area contributed by atoms with Crippen LogP contribution in [0.4, 0.5) is 0 Å². The fraction of sp³-hybridized carbons (Fsp3) is 0.550. The molecule has 3 aliphatic rings. The van der Waals surface area contributed by atoms with Gasteiger partial charge in [-0.1, -0.05) is 13.3 Å². The summed E-state index contributed by atoms with van der Waals surface area (Å²) < 4.78 is 5.36. The molecule has 0 saturated carbocycles. The van der Waals surface area contributed by atoms with Gasteiger partial charge in [-0.3, -0.25) is 9.88 Å². The molecule has 2 bridgehead atoms. The molecular formula is C20H26N2O2. The molecule has 3 fully saturated rings. The van der Waals surface area contributed by atoms with E-state index in [0.29, 0.717) is 0 Å². The Morgan fingerprint density at radius 1 is 1.38 bits per heavy atom. The third kappa shape index (κ3) is 2.58. The van der Waals surface area contributed by atoms with Crippen molar-refractivity contribution in [3.8, 4) is 5.75 Å². The zero-order valence-electron chi connectivity index (χ0n) is 14.5. The Bertz CT molecular complexity index is 733. The van der Waals surface area contributed by atoms with Gasteiger partial charge in [0, 0.05) is 24.2 Å². The van der Waals surface area contributed by atoms with Crippen molar-refractivity contribution in [1.82, 2.24) is 9.88 Å². The number of hydrogen-bond donors (Lipinski definition) is 1. The molecule has 2 aromatic rings. The van der Waals surface area contributed by atoms with Crippen LogP contribution in [0.3, 0.4) is 0 Å². The predicted octanol–water partition coefficient (Wildman–Crippen LogP) is 3.40. The van der Waals surface area contributed by atoms with Crippen LogP contribution in [0.15, 0.2) is 30.5 Å². The Labute approximate surface area is 143 Å². The molecule has 3 saturated heterocycles. The third-order valence-electron chi connectivity index (χ3n) is 6.13.